The number of hydrogen-bond acceptors (Lipinski definition) is 2. The first-order valence-electron chi connectivity index (χ1n) is 7.22. The molecule has 1 aliphatic rings. The molecule has 1 aromatic rings. The van der Waals surface area contributed by atoms with Gasteiger partial charge in [0.2, 0.25) is 0 Å². The lowest BCUT2D eigenvalue weighted by Gasteiger charge is -2.28. The molecule has 2 nitrogen and oxygen atoms in total. The van der Waals surface area contributed by atoms with Crippen LogP contribution in [-0.2, 0) is 11.8 Å². The smallest absolute Gasteiger partial charge is 0.180 e. The third-order valence-corrected chi connectivity index (χ3v) is 3.79. The fraction of sp³-hybridized carbons (Fsp3) is 0.588. The molecule has 1 aliphatic carbocycles. The van der Waals surface area contributed by atoms with Crippen LogP contribution >= 0.6 is 0 Å². The normalized spacial score (nSPS) is 19.7. The highest BCUT2D eigenvalue weighted by atomic mass is 16.1. The van der Waals surface area contributed by atoms with Crippen molar-refractivity contribution in [1.29, 1.82) is 0 Å². The Kier molecular flexibility index (Phi) is 3.82. The molecule has 0 spiro atoms. The quantitative estimate of drug-likeness (QED) is 0.881. The minimum Gasteiger partial charge on any atom is -0.305 e. The summed E-state index contributed by atoms with van der Waals surface area (Å²) in [4.78, 5) is 12.6. The van der Waals surface area contributed by atoms with Gasteiger partial charge in [0.05, 0.1) is 6.04 Å². The number of aryl methyl sites for hydroxylation is 1. The zero-order valence-electron chi connectivity index (χ0n) is 12.7. The Bertz CT molecular complexity index is 483. The average Bonchev–Trinajstić information content (AvgIpc) is 2.31. The Balaban J connectivity index is 2.33. The predicted octanol–water partition coefficient (Wildman–Crippen LogP) is 3.48. The van der Waals surface area contributed by atoms with Gasteiger partial charge in [0.1, 0.15) is 0 Å². The Morgan fingerprint density at radius 2 is 1.95 bits per heavy atom. The van der Waals surface area contributed by atoms with Gasteiger partial charge in [-0.25, -0.2) is 0 Å². The summed E-state index contributed by atoms with van der Waals surface area (Å²) in [5.41, 5.74) is 3.47. The molecule has 0 aromatic heterocycles. The van der Waals surface area contributed by atoms with E-state index in [1.165, 1.54) is 11.1 Å². The molecule has 2 rings (SSSR count). The van der Waals surface area contributed by atoms with Crippen LogP contribution in [0, 0.1) is 0 Å². The first-order chi connectivity index (χ1) is 8.79. The largest absolute Gasteiger partial charge is 0.305 e. The van der Waals surface area contributed by atoms with Crippen LogP contribution in [0.5, 0.6) is 0 Å². The Morgan fingerprint density at radius 3 is 2.53 bits per heavy atom. The zero-order valence-corrected chi connectivity index (χ0v) is 12.7. The van der Waals surface area contributed by atoms with E-state index in [4.69, 9.17) is 0 Å². The lowest BCUT2D eigenvalue weighted by atomic mass is 9.80. The molecule has 1 unspecified atom stereocenters. The van der Waals surface area contributed by atoms with E-state index in [9.17, 15) is 4.79 Å². The number of ketones is 1. The van der Waals surface area contributed by atoms with Crippen LogP contribution in [0.1, 0.15) is 62.5 Å². The molecule has 2 heteroatoms. The Morgan fingerprint density at radius 1 is 1.26 bits per heavy atom. The summed E-state index contributed by atoms with van der Waals surface area (Å²) in [7, 11) is 0. The van der Waals surface area contributed by atoms with Crippen molar-refractivity contribution < 1.29 is 4.79 Å². The molecule has 0 bridgehead atoms. The number of hydrogen-bond donors (Lipinski definition) is 1. The van der Waals surface area contributed by atoms with Crippen LogP contribution < -0.4 is 5.32 Å². The van der Waals surface area contributed by atoms with Gasteiger partial charge in [0.25, 0.3) is 0 Å². The van der Waals surface area contributed by atoms with Crippen molar-refractivity contribution in [1.82, 2.24) is 5.32 Å². The summed E-state index contributed by atoms with van der Waals surface area (Å²) < 4.78 is 0. The molecule has 1 atom stereocenters. The van der Waals surface area contributed by atoms with Gasteiger partial charge in [0.15, 0.2) is 5.78 Å². The molecular formula is C17H25NO. The van der Waals surface area contributed by atoms with Crippen molar-refractivity contribution >= 4 is 5.78 Å². The summed E-state index contributed by atoms with van der Waals surface area (Å²) in [6, 6.07) is 6.75. The van der Waals surface area contributed by atoms with Crippen LogP contribution in [0.15, 0.2) is 18.2 Å². The fourth-order valence-corrected chi connectivity index (χ4v) is 2.67. The minimum absolute atomic E-state index is 0.0114. The lowest BCUT2D eigenvalue weighted by molar-refractivity contribution is 0.0922. The highest BCUT2D eigenvalue weighted by molar-refractivity contribution is 6.02. The van der Waals surface area contributed by atoms with Crippen molar-refractivity contribution in [2.45, 2.75) is 65.0 Å². The van der Waals surface area contributed by atoms with Gasteiger partial charge in [0, 0.05) is 11.6 Å². The second kappa shape index (κ2) is 5.09. The number of rotatable bonds is 2. The maximum absolute atomic E-state index is 12.6. The molecule has 0 fully saturated rings. The lowest BCUT2D eigenvalue weighted by Crippen LogP contribution is -2.43. The molecule has 0 amide bonds. The van der Waals surface area contributed by atoms with Crippen LogP contribution in [0.3, 0.4) is 0 Å². The van der Waals surface area contributed by atoms with Gasteiger partial charge in [-0.2, -0.15) is 0 Å². The van der Waals surface area contributed by atoms with Crippen molar-refractivity contribution in [2.24, 2.45) is 0 Å². The maximum Gasteiger partial charge on any atom is 0.180 e. The molecule has 19 heavy (non-hydrogen) atoms. The highest BCUT2D eigenvalue weighted by Gasteiger charge is 2.28. The van der Waals surface area contributed by atoms with Gasteiger partial charge >= 0.3 is 0 Å². The first kappa shape index (κ1) is 14.3. The van der Waals surface area contributed by atoms with E-state index in [2.05, 4.69) is 58.1 Å². The third kappa shape index (κ3) is 3.06. The van der Waals surface area contributed by atoms with Crippen LogP contribution in [0.25, 0.3) is 0 Å². The molecular weight excluding hydrogens is 234 g/mol. The zero-order chi connectivity index (χ0) is 14.2. The second-order valence-electron chi connectivity index (χ2n) is 6.90. The van der Waals surface area contributed by atoms with E-state index in [1.807, 2.05) is 0 Å². The molecule has 0 aliphatic heterocycles. The molecule has 0 saturated heterocycles. The number of benzene rings is 1. The van der Waals surface area contributed by atoms with E-state index in [0.717, 1.165) is 18.4 Å². The number of nitrogens with one attached hydrogen (secondary N) is 1. The number of carbonyl (C=O) groups is 1. The second-order valence-corrected chi connectivity index (χ2v) is 6.90. The van der Waals surface area contributed by atoms with Gasteiger partial charge in [-0.15, -0.1) is 0 Å². The summed E-state index contributed by atoms with van der Waals surface area (Å²) in [5.74, 6) is 0.265. The number of carbonyl (C=O) groups excluding carboxylic acids is 1. The monoisotopic (exact) mass is 259 g/mol. The maximum atomic E-state index is 12.6. The van der Waals surface area contributed by atoms with Gasteiger partial charge in [-0.3, -0.25) is 4.79 Å². The molecule has 0 radical (unpaired) electrons. The average molecular weight is 259 g/mol. The van der Waals surface area contributed by atoms with Crippen molar-refractivity contribution in [3.63, 3.8) is 0 Å². The van der Waals surface area contributed by atoms with Crippen molar-refractivity contribution in [3.05, 3.63) is 34.9 Å². The summed E-state index contributed by atoms with van der Waals surface area (Å²) in [6.45, 7) is 10.7. The van der Waals surface area contributed by atoms with Crippen molar-refractivity contribution in [2.75, 3.05) is 0 Å². The van der Waals surface area contributed by atoms with E-state index in [-0.39, 0.29) is 17.2 Å². The van der Waals surface area contributed by atoms with Gasteiger partial charge in [-0.05, 0) is 35.4 Å². The standard InChI is InChI=1S/C17H25NO/c1-11(2)18-15-9-7-12-6-8-13(17(3,4)5)10-14(12)16(15)19/h6,8,10-11,15,18H,7,9H2,1-5H3. The summed E-state index contributed by atoms with van der Waals surface area (Å²) in [6.07, 6.45) is 1.91. The topological polar surface area (TPSA) is 29.1 Å². The fourth-order valence-electron chi connectivity index (χ4n) is 2.67. The summed E-state index contributed by atoms with van der Waals surface area (Å²) in [5, 5.41) is 3.38. The van der Waals surface area contributed by atoms with Crippen LogP contribution in [0.2, 0.25) is 0 Å². The molecule has 0 saturated carbocycles. The Labute approximate surface area is 116 Å². The molecule has 1 N–H and O–H groups in total. The molecule has 104 valence electrons. The SMILES string of the molecule is CC(C)NC1CCc2ccc(C(C)(C)C)cc2C1=O. The molecule has 0 heterocycles. The van der Waals surface area contributed by atoms with E-state index >= 15 is 0 Å². The van der Waals surface area contributed by atoms with E-state index in [0.29, 0.717) is 6.04 Å². The van der Waals surface area contributed by atoms with Crippen LogP contribution in [-0.4, -0.2) is 17.9 Å². The molecule has 1 aromatic carbocycles. The van der Waals surface area contributed by atoms with Gasteiger partial charge < -0.3 is 5.32 Å². The third-order valence-electron chi connectivity index (χ3n) is 3.79. The predicted molar refractivity (Wildman–Crippen MR) is 79.9 cm³/mol. The van der Waals surface area contributed by atoms with Crippen LogP contribution in [0.4, 0.5) is 0 Å². The Hall–Kier alpha value is -1.15. The minimum atomic E-state index is -0.0114. The van der Waals surface area contributed by atoms with E-state index in [1.54, 1.807) is 0 Å². The highest BCUT2D eigenvalue weighted by Crippen LogP contribution is 2.28. The van der Waals surface area contributed by atoms with E-state index < -0.39 is 0 Å². The first-order valence-corrected chi connectivity index (χ1v) is 7.22. The van der Waals surface area contributed by atoms with Gasteiger partial charge in [-0.1, -0.05) is 46.8 Å². The summed E-state index contributed by atoms with van der Waals surface area (Å²) >= 11 is 0. The number of Topliss-reactive ketones (excluding diaryl/α,β-unsaturated/α-hetero) is 1. The van der Waals surface area contributed by atoms with Crippen molar-refractivity contribution in [3.8, 4) is 0 Å². The number of fused-ring (bicyclic) bond motifs is 1.